The van der Waals surface area contributed by atoms with E-state index in [2.05, 4.69) is 55.6 Å². The summed E-state index contributed by atoms with van der Waals surface area (Å²) in [6.45, 7) is 4.12. The number of hydrogen-bond donors (Lipinski definition) is 4. The number of amides is 1. The van der Waals surface area contributed by atoms with Crippen LogP contribution in [0.2, 0.25) is 0 Å². The summed E-state index contributed by atoms with van der Waals surface area (Å²) in [6, 6.07) is -0.868. The van der Waals surface area contributed by atoms with E-state index in [0.717, 1.165) is 64.2 Å². The summed E-state index contributed by atoms with van der Waals surface area (Å²) in [6.07, 6.45) is 53.0. The van der Waals surface area contributed by atoms with Crippen LogP contribution in [0.4, 0.5) is 0 Å². The van der Waals surface area contributed by atoms with Gasteiger partial charge >= 0.3 is 7.82 Å². The smallest absolute Gasteiger partial charge is 0.387 e. The van der Waals surface area contributed by atoms with Crippen molar-refractivity contribution in [1.29, 1.82) is 0 Å². The lowest BCUT2D eigenvalue weighted by atomic mass is 10.0. The third-order valence-corrected chi connectivity index (χ3v) is 11.1. The molecule has 0 aliphatic carbocycles. The van der Waals surface area contributed by atoms with E-state index in [0.29, 0.717) is 6.42 Å². The number of nitrogens with one attached hydrogen (secondary N) is 1. The first-order chi connectivity index (χ1) is 27.4. The molecule has 0 aromatic carbocycles. The van der Waals surface area contributed by atoms with Crippen LogP contribution in [-0.2, 0) is 18.4 Å². The lowest BCUT2D eigenvalue weighted by molar-refractivity contribution is -0.123. The Morgan fingerprint density at radius 2 is 0.982 bits per heavy atom. The second-order valence-electron chi connectivity index (χ2n) is 15.6. The molecule has 1 amide bonds. The number of allylic oxidation sites excluding steroid dienone is 7. The molecule has 56 heavy (non-hydrogen) atoms. The molecule has 0 aliphatic heterocycles. The molecule has 3 unspecified atom stereocenters. The minimum absolute atomic E-state index is 0.0748. The standard InChI is InChI=1S/C47H89N2O6P/c1-3-5-7-9-11-13-15-17-19-21-22-23-24-25-27-29-31-33-35-37-39-41-47(51)49-45(44-55-56(52,53)54-43-42-48)46(50)40-38-36-34-32-30-28-26-20-18-16-14-12-10-8-6-4-2/h15,17,21-22,24-25,38,40,45-46,50H,3-14,16,18-20,23,26-37,39,41-44,48H2,1-2H3,(H,49,51)(H,52,53)/b17-15-,22-21-,25-24-,40-38+. The summed E-state index contributed by atoms with van der Waals surface area (Å²) in [4.78, 5) is 22.7. The van der Waals surface area contributed by atoms with Gasteiger partial charge in [-0.25, -0.2) is 4.57 Å². The highest BCUT2D eigenvalue weighted by atomic mass is 31.2. The molecule has 0 aromatic rings. The van der Waals surface area contributed by atoms with E-state index in [1.54, 1.807) is 6.08 Å². The number of phosphoric ester groups is 1. The molecule has 0 saturated carbocycles. The molecule has 0 saturated heterocycles. The van der Waals surface area contributed by atoms with Crippen LogP contribution in [0.5, 0.6) is 0 Å². The van der Waals surface area contributed by atoms with E-state index in [1.165, 1.54) is 128 Å². The maximum Gasteiger partial charge on any atom is 0.472 e. The normalized spacial score (nSPS) is 14.4. The van der Waals surface area contributed by atoms with Crippen molar-refractivity contribution in [3.8, 4) is 0 Å². The van der Waals surface area contributed by atoms with E-state index >= 15 is 0 Å². The summed E-state index contributed by atoms with van der Waals surface area (Å²) in [5.74, 6) is -0.207. The predicted molar refractivity (Wildman–Crippen MR) is 240 cm³/mol. The molecule has 8 nitrogen and oxygen atoms in total. The summed E-state index contributed by atoms with van der Waals surface area (Å²) in [7, 11) is -4.35. The molecule has 0 spiro atoms. The van der Waals surface area contributed by atoms with Gasteiger partial charge in [-0.3, -0.25) is 13.8 Å². The molecule has 0 bridgehead atoms. The molecule has 0 aromatic heterocycles. The third kappa shape index (κ3) is 40.6. The SMILES string of the molecule is CCCCCCC/C=C\C/C=C\C/C=C\CCCCCCCCC(=O)NC(COP(=O)(O)OCCN)C(O)/C=C/CCCCCCCCCCCCCCCC. The number of aliphatic hydroxyl groups is 1. The van der Waals surface area contributed by atoms with Crippen molar-refractivity contribution in [3.05, 3.63) is 48.6 Å². The molecule has 0 fully saturated rings. The van der Waals surface area contributed by atoms with Gasteiger partial charge in [-0.15, -0.1) is 0 Å². The first-order valence-corrected chi connectivity index (χ1v) is 24.8. The number of phosphoric acid groups is 1. The zero-order chi connectivity index (χ0) is 41.1. The van der Waals surface area contributed by atoms with Gasteiger partial charge in [0.15, 0.2) is 0 Å². The van der Waals surface area contributed by atoms with Crippen LogP contribution in [0.1, 0.15) is 213 Å². The third-order valence-electron chi connectivity index (χ3n) is 10.1. The summed E-state index contributed by atoms with van der Waals surface area (Å²) in [5, 5.41) is 13.7. The number of rotatable bonds is 43. The average Bonchev–Trinajstić information content (AvgIpc) is 3.19. The highest BCUT2D eigenvalue weighted by molar-refractivity contribution is 7.47. The van der Waals surface area contributed by atoms with Gasteiger partial charge in [0, 0.05) is 13.0 Å². The minimum atomic E-state index is -4.35. The summed E-state index contributed by atoms with van der Waals surface area (Å²) < 4.78 is 22.2. The van der Waals surface area contributed by atoms with E-state index in [1.807, 2.05) is 6.08 Å². The van der Waals surface area contributed by atoms with Crippen LogP contribution in [0.3, 0.4) is 0 Å². The Balaban J connectivity index is 4.21. The zero-order valence-corrected chi connectivity index (χ0v) is 37.3. The van der Waals surface area contributed by atoms with Gasteiger partial charge in [-0.1, -0.05) is 197 Å². The van der Waals surface area contributed by atoms with E-state index in [9.17, 15) is 19.4 Å². The predicted octanol–water partition coefficient (Wildman–Crippen LogP) is 13.3. The van der Waals surface area contributed by atoms with Gasteiger partial charge in [0.25, 0.3) is 0 Å². The number of carbonyl (C=O) groups excluding carboxylic acids is 1. The molecule has 0 heterocycles. The van der Waals surface area contributed by atoms with Gasteiger partial charge in [0.2, 0.25) is 5.91 Å². The van der Waals surface area contributed by atoms with Crippen molar-refractivity contribution in [1.82, 2.24) is 5.32 Å². The number of carbonyl (C=O) groups is 1. The molecule has 0 radical (unpaired) electrons. The Bertz CT molecular complexity index is 1020. The van der Waals surface area contributed by atoms with Crippen LogP contribution >= 0.6 is 7.82 Å². The van der Waals surface area contributed by atoms with Crippen molar-refractivity contribution < 1.29 is 28.4 Å². The van der Waals surface area contributed by atoms with Crippen molar-refractivity contribution >= 4 is 13.7 Å². The highest BCUT2D eigenvalue weighted by Gasteiger charge is 2.26. The maximum absolute atomic E-state index is 12.8. The van der Waals surface area contributed by atoms with Crippen LogP contribution < -0.4 is 11.1 Å². The Morgan fingerprint density at radius 1 is 0.589 bits per heavy atom. The Hall–Kier alpha value is -1.54. The molecule has 328 valence electrons. The monoisotopic (exact) mass is 809 g/mol. The number of hydrogen-bond acceptors (Lipinski definition) is 6. The van der Waals surface area contributed by atoms with E-state index < -0.39 is 20.0 Å². The molecule has 0 aliphatic rings. The van der Waals surface area contributed by atoms with Gasteiger partial charge in [0.05, 0.1) is 25.4 Å². The summed E-state index contributed by atoms with van der Waals surface area (Å²) >= 11 is 0. The fourth-order valence-corrected chi connectivity index (χ4v) is 7.37. The molecular weight excluding hydrogens is 719 g/mol. The molecular formula is C47H89N2O6P. The van der Waals surface area contributed by atoms with E-state index in [-0.39, 0.29) is 25.7 Å². The zero-order valence-electron chi connectivity index (χ0n) is 36.4. The number of unbranched alkanes of at least 4 members (excludes halogenated alkanes) is 25. The van der Waals surface area contributed by atoms with Crippen LogP contribution in [0.15, 0.2) is 48.6 Å². The molecule has 9 heteroatoms. The summed E-state index contributed by atoms with van der Waals surface area (Å²) in [5.41, 5.74) is 5.38. The lowest BCUT2D eigenvalue weighted by Crippen LogP contribution is -2.45. The second kappa shape index (κ2) is 43.0. The Labute approximate surface area is 345 Å². The first kappa shape index (κ1) is 54.5. The molecule has 3 atom stereocenters. The van der Waals surface area contributed by atoms with Crippen molar-refractivity contribution in [2.75, 3.05) is 19.8 Å². The Morgan fingerprint density at radius 3 is 1.43 bits per heavy atom. The van der Waals surface area contributed by atoms with Crippen molar-refractivity contribution in [2.45, 2.75) is 225 Å². The van der Waals surface area contributed by atoms with Crippen molar-refractivity contribution in [2.24, 2.45) is 5.73 Å². The fraction of sp³-hybridized carbons (Fsp3) is 0.809. The van der Waals surface area contributed by atoms with Gasteiger partial charge in [-0.05, 0) is 57.8 Å². The second-order valence-corrected chi connectivity index (χ2v) is 17.1. The van der Waals surface area contributed by atoms with Crippen LogP contribution in [-0.4, -0.2) is 47.8 Å². The minimum Gasteiger partial charge on any atom is -0.387 e. The maximum atomic E-state index is 12.8. The fourth-order valence-electron chi connectivity index (χ4n) is 6.61. The van der Waals surface area contributed by atoms with Gasteiger partial charge in [0.1, 0.15) is 0 Å². The largest absolute Gasteiger partial charge is 0.472 e. The average molecular weight is 809 g/mol. The first-order valence-electron chi connectivity index (χ1n) is 23.3. The topological polar surface area (TPSA) is 131 Å². The number of nitrogens with two attached hydrogens (primary N) is 1. The van der Waals surface area contributed by atoms with Crippen LogP contribution in [0.25, 0.3) is 0 Å². The van der Waals surface area contributed by atoms with Gasteiger partial charge < -0.3 is 21.1 Å². The van der Waals surface area contributed by atoms with E-state index in [4.69, 9.17) is 14.8 Å². The number of aliphatic hydroxyl groups excluding tert-OH is 1. The molecule has 0 rings (SSSR count). The van der Waals surface area contributed by atoms with Crippen LogP contribution in [0, 0.1) is 0 Å². The Kier molecular flexibility index (Phi) is 41.9. The van der Waals surface area contributed by atoms with Gasteiger partial charge in [-0.2, -0.15) is 0 Å². The molecule has 5 N–H and O–H groups in total. The lowest BCUT2D eigenvalue weighted by Gasteiger charge is -2.23. The van der Waals surface area contributed by atoms with Crippen molar-refractivity contribution in [3.63, 3.8) is 0 Å². The quantitative estimate of drug-likeness (QED) is 0.0274. The highest BCUT2D eigenvalue weighted by Crippen LogP contribution is 2.43.